The van der Waals surface area contributed by atoms with Gasteiger partial charge in [-0.05, 0) is 55.8 Å². The van der Waals surface area contributed by atoms with Crippen molar-refractivity contribution >= 4 is 34.9 Å². The molecule has 0 N–H and O–H groups in total. The van der Waals surface area contributed by atoms with Crippen LogP contribution < -0.4 is 0 Å². The Bertz CT molecular complexity index is 1060. The largest absolute Gasteiger partial charge is 0.318 e. The second kappa shape index (κ2) is 7.37. The molecule has 2 nitrogen and oxygen atoms in total. The van der Waals surface area contributed by atoms with Gasteiger partial charge in [0.05, 0.1) is 21.7 Å². The first-order valence-electron chi connectivity index (χ1n) is 7.93. The molecule has 3 aromatic rings. The lowest BCUT2D eigenvalue weighted by Crippen LogP contribution is -1.99. The topological polar surface area (TPSA) is 28.7 Å². The Labute approximate surface area is 161 Å². The Morgan fingerprint density at radius 2 is 1.81 bits per heavy atom. The highest BCUT2D eigenvalue weighted by molar-refractivity contribution is 6.42. The third kappa shape index (κ3) is 3.39. The highest BCUT2D eigenvalue weighted by Crippen LogP contribution is 2.29. The Balaban J connectivity index is 2.12. The molecule has 5 heteroatoms. The molecule has 1 aromatic heterocycles. The standard InChI is InChI=1S/C21H15Cl2FN2/c1-13-9-15(10-16(12-25)18-5-3-4-6-21(18)24)14(2)26(13)17-7-8-19(22)20(23)11-17/h3-11H,1-2H3/b16-10+. The van der Waals surface area contributed by atoms with Crippen LogP contribution in [0.4, 0.5) is 4.39 Å². The Hall–Kier alpha value is -2.54. The van der Waals surface area contributed by atoms with Gasteiger partial charge in [-0.2, -0.15) is 5.26 Å². The van der Waals surface area contributed by atoms with Crippen molar-refractivity contribution in [3.05, 3.63) is 86.9 Å². The molecule has 0 aliphatic heterocycles. The number of hydrogen-bond donors (Lipinski definition) is 0. The van der Waals surface area contributed by atoms with E-state index in [0.29, 0.717) is 10.0 Å². The minimum atomic E-state index is -0.418. The van der Waals surface area contributed by atoms with E-state index in [4.69, 9.17) is 23.2 Å². The third-order valence-corrected chi connectivity index (χ3v) is 4.96. The molecule has 0 aliphatic rings. The second-order valence-corrected chi connectivity index (χ2v) is 6.72. The molecule has 0 radical (unpaired) electrons. The predicted molar refractivity (Wildman–Crippen MR) is 105 cm³/mol. The molecular formula is C21H15Cl2FN2. The first-order valence-corrected chi connectivity index (χ1v) is 8.69. The normalized spacial score (nSPS) is 11.5. The molecule has 2 aromatic carbocycles. The third-order valence-electron chi connectivity index (χ3n) is 4.22. The molecular weight excluding hydrogens is 370 g/mol. The number of halogens is 3. The molecule has 26 heavy (non-hydrogen) atoms. The number of hydrogen-bond acceptors (Lipinski definition) is 1. The molecule has 0 saturated carbocycles. The smallest absolute Gasteiger partial charge is 0.131 e. The zero-order valence-electron chi connectivity index (χ0n) is 14.2. The van der Waals surface area contributed by atoms with Crippen molar-refractivity contribution in [1.29, 1.82) is 5.26 Å². The van der Waals surface area contributed by atoms with E-state index in [1.807, 2.05) is 30.5 Å². The molecule has 1 heterocycles. The lowest BCUT2D eigenvalue weighted by molar-refractivity contribution is 0.624. The average Bonchev–Trinajstić information content (AvgIpc) is 2.89. The van der Waals surface area contributed by atoms with E-state index >= 15 is 0 Å². The van der Waals surface area contributed by atoms with Crippen LogP contribution in [-0.4, -0.2) is 4.57 Å². The van der Waals surface area contributed by atoms with Crippen molar-refractivity contribution < 1.29 is 4.39 Å². The summed E-state index contributed by atoms with van der Waals surface area (Å²) in [7, 11) is 0. The maximum atomic E-state index is 14.0. The van der Waals surface area contributed by atoms with E-state index in [1.54, 1.807) is 36.4 Å². The van der Waals surface area contributed by atoms with Crippen LogP contribution in [0.1, 0.15) is 22.5 Å². The van der Waals surface area contributed by atoms with E-state index in [-0.39, 0.29) is 11.1 Å². The molecule has 0 bridgehead atoms. The maximum absolute atomic E-state index is 14.0. The van der Waals surface area contributed by atoms with Crippen LogP contribution in [0.25, 0.3) is 17.3 Å². The van der Waals surface area contributed by atoms with Gasteiger partial charge in [0.1, 0.15) is 5.82 Å². The Kier molecular flexibility index (Phi) is 5.18. The zero-order valence-corrected chi connectivity index (χ0v) is 15.7. The highest BCUT2D eigenvalue weighted by atomic mass is 35.5. The van der Waals surface area contributed by atoms with Crippen LogP contribution in [0.3, 0.4) is 0 Å². The van der Waals surface area contributed by atoms with Gasteiger partial charge in [-0.25, -0.2) is 4.39 Å². The van der Waals surface area contributed by atoms with Crippen LogP contribution >= 0.6 is 23.2 Å². The number of allylic oxidation sites excluding steroid dienone is 1. The van der Waals surface area contributed by atoms with E-state index in [9.17, 15) is 9.65 Å². The zero-order chi connectivity index (χ0) is 18.8. The van der Waals surface area contributed by atoms with Gasteiger partial charge in [-0.1, -0.05) is 41.4 Å². The summed E-state index contributed by atoms with van der Waals surface area (Å²) in [6.45, 7) is 3.90. The van der Waals surface area contributed by atoms with Crippen molar-refractivity contribution in [2.24, 2.45) is 0 Å². The van der Waals surface area contributed by atoms with Crippen molar-refractivity contribution in [3.8, 4) is 11.8 Å². The average molecular weight is 385 g/mol. The predicted octanol–water partition coefficient (Wildman–Crippen LogP) is 6.60. The van der Waals surface area contributed by atoms with Gasteiger partial charge in [-0.15, -0.1) is 0 Å². The van der Waals surface area contributed by atoms with Crippen LogP contribution in [0.5, 0.6) is 0 Å². The van der Waals surface area contributed by atoms with Gasteiger partial charge in [0.25, 0.3) is 0 Å². The lowest BCUT2D eigenvalue weighted by atomic mass is 10.0. The van der Waals surface area contributed by atoms with Crippen molar-refractivity contribution in [2.75, 3.05) is 0 Å². The quantitative estimate of drug-likeness (QED) is 0.467. The van der Waals surface area contributed by atoms with E-state index in [0.717, 1.165) is 22.6 Å². The van der Waals surface area contributed by atoms with E-state index < -0.39 is 5.82 Å². The minimum Gasteiger partial charge on any atom is -0.318 e. The van der Waals surface area contributed by atoms with Gasteiger partial charge in [0.2, 0.25) is 0 Å². The summed E-state index contributed by atoms with van der Waals surface area (Å²) in [6.07, 6.45) is 1.70. The monoisotopic (exact) mass is 384 g/mol. The summed E-state index contributed by atoms with van der Waals surface area (Å²) in [4.78, 5) is 0. The first kappa shape index (κ1) is 18.3. The van der Waals surface area contributed by atoms with Gasteiger partial charge < -0.3 is 4.57 Å². The fraction of sp³-hybridized carbons (Fsp3) is 0.0952. The number of benzene rings is 2. The maximum Gasteiger partial charge on any atom is 0.131 e. The number of nitrogens with zero attached hydrogens (tertiary/aromatic N) is 2. The second-order valence-electron chi connectivity index (χ2n) is 5.91. The molecule has 0 unspecified atom stereocenters. The van der Waals surface area contributed by atoms with Gasteiger partial charge in [0, 0.05) is 22.6 Å². The number of aromatic nitrogens is 1. The van der Waals surface area contributed by atoms with Crippen LogP contribution in [0, 0.1) is 31.0 Å². The molecule has 0 atom stereocenters. The molecule has 0 saturated heterocycles. The summed E-state index contributed by atoms with van der Waals surface area (Å²) >= 11 is 12.1. The first-order chi connectivity index (χ1) is 12.4. The SMILES string of the molecule is Cc1cc(/C=C(\C#N)c2ccccc2F)c(C)n1-c1ccc(Cl)c(Cl)c1. The summed E-state index contributed by atoms with van der Waals surface area (Å²) in [5.41, 5.74) is 4.17. The molecule has 130 valence electrons. The fourth-order valence-electron chi connectivity index (χ4n) is 2.96. The summed E-state index contributed by atoms with van der Waals surface area (Å²) < 4.78 is 16.1. The number of aryl methyl sites for hydroxylation is 1. The molecule has 3 rings (SSSR count). The molecule has 0 aliphatic carbocycles. The van der Waals surface area contributed by atoms with Gasteiger partial charge >= 0.3 is 0 Å². The molecule has 0 fully saturated rings. The van der Waals surface area contributed by atoms with Crippen molar-refractivity contribution in [3.63, 3.8) is 0 Å². The number of nitriles is 1. The van der Waals surface area contributed by atoms with Crippen molar-refractivity contribution in [1.82, 2.24) is 4.57 Å². The summed E-state index contributed by atoms with van der Waals surface area (Å²) in [6, 6.07) is 15.7. The van der Waals surface area contributed by atoms with Gasteiger partial charge in [-0.3, -0.25) is 0 Å². The highest BCUT2D eigenvalue weighted by Gasteiger charge is 2.13. The van der Waals surface area contributed by atoms with Gasteiger partial charge in [0.15, 0.2) is 0 Å². The minimum absolute atomic E-state index is 0.275. The van der Waals surface area contributed by atoms with E-state index in [1.165, 1.54) is 6.07 Å². The van der Waals surface area contributed by atoms with Crippen LogP contribution in [0.15, 0.2) is 48.5 Å². The van der Waals surface area contributed by atoms with Crippen LogP contribution in [-0.2, 0) is 0 Å². The summed E-state index contributed by atoms with van der Waals surface area (Å²) in [5.74, 6) is -0.418. The molecule has 0 spiro atoms. The van der Waals surface area contributed by atoms with Crippen LogP contribution in [0.2, 0.25) is 10.0 Å². The molecule has 0 amide bonds. The van der Waals surface area contributed by atoms with E-state index in [2.05, 4.69) is 6.07 Å². The Morgan fingerprint density at radius 1 is 1.08 bits per heavy atom. The number of rotatable bonds is 3. The Morgan fingerprint density at radius 3 is 2.46 bits per heavy atom. The fourth-order valence-corrected chi connectivity index (χ4v) is 3.25. The lowest BCUT2D eigenvalue weighted by Gasteiger charge is -2.10. The summed E-state index contributed by atoms with van der Waals surface area (Å²) in [5, 5.41) is 10.5. The van der Waals surface area contributed by atoms with Crippen molar-refractivity contribution in [2.45, 2.75) is 13.8 Å².